The summed E-state index contributed by atoms with van der Waals surface area (Å²) in [5.41, 5.74) is 0. The highest BCUT2D eigenvalue weighted by Crippen LogP contribution is 2.25. The molecule has 0 aromatic rings. The number of nitrogens with one attached hydrogen (secondary N) is 2. The van der Waals surface area contributed by atoms with Crippen LogP contribution in [0.4, 0.5) is 0 Å². The average molecular weight is 261 g/mol. The van der Waals surface area contributed by atoms with Crippen LogP contribution in [0.25, 0.3) is 0 Å². The van der Waals surface area contributed by atoms with E-state index in [1.54, 1.807) is 0 Å². The van der Waals surface area contributed by atoms with E-state index in [4.69, 9.17) is 0 Å². The van der Waals surface area contributed by atoms with Gasteiger partial charge in [0, 0.05) is 18.0 Å². The summed E-state index contributed by atoms with van der Waals surface area (Å²) < 4.78 is 0. The molecule has 1 heterocycles. The molecule has 1 aliphatic heterocycles. The largest absolute Gasteiger partial charge is 0.351 e. The van der Waals surface area contributed by atoms with E-state index in [2.05, 4.69) is 24.5 Å². The molecule has 2 fully saturated rings. The molecule has 1 aliphatic carbocycles. The third kappa shape index (κ3) is 3.59. The van der Waals surface area contributed by atoms with E-state index < -0.39 is 0 Å². The molecule has 1 amide bonds. The molecule has 3 atom stereocenters. The Morgan fingerprint density at radius 3 is 2.41 bits per heavy atom. The molecule has 2 N–H and O–H groups in total. The Kier molecular flexibility index (Phi) is 5.74. The molecular formula is C13H25ClN2O. The van der Waals surface area contributed by atoms with Crippen molar-refractivity contribution in [2.45, 2.75) is 58.0 Å². The summed E-state index contributed by atoms with van der Waals surface area (Å²) in [6.45, 7) is 5.50. The third-order valence-corrected chi connectivity index (χ3v) is 4.25. The Hall–Kier alpha value is -0.280. The van der Waals surface area contributed by atoms with Crippen LogP contribution in [-0.4, -0.2) is 24.5 Å². The predicted octanol–water partition coefficient (Wildman–Crippen LogP) is 2.10. The number of halogens is 1. The zero-order valence-corrected chi connectivity index (χ0v) is 11.7. The Bertz CT molecular complexity index is 244. The van der Waals surface area contributed by atoms with Crippen molar-refractivity contribution in [2.75, 3.05) is 6.54 Å². The minimum Gasteiger partial charge on any atom is -0.351 e. The number of amides is 1. The fourth-order valence-electron chi connectivity index (χ4n) is 3.08. The normalized spacial score (nSPS) is 34.1. The van der Waals surface area contributed by atoms with E-state index >= 15 is 0 Å². The first-order chi connectivity index (χ1) is 7.68. The highest BCUT2D eigenvalue weighted by Gasteiger charge is 2.31. The summed E-state index contributed by atoms with van der Waals surface area (Å²) >= 11 is 0. The van der Waals surface area contributed by atoms with Crippen LogP contribution < -0.4 is 10.6 Å². The van der Waals surface area contributed by atoms with Gasteiger partial charge in [-0.25, -0.2) is 0 Å². The van der Waals surface area contributed by atoms with Crippen LogP contribution >= 0.6 is 12.4 Å². The predicted molar refractivity (Wildman–Crippen MR) is 72.4 cm³/mol. The Labute approximate surface area is 111 Å². The summed E-state index contributed by atoms with van der Waals surface area (Å²) in [5.74, 6) is 1.19. The second-order valence-corrected chi connectivity index (χ2v) is 5.52. The van der Waals surface area contributed by atoms with Crippen molar-refractivity contribution in [2.24, 2.45) is 11.8 Å². The van der Waals surface area contributed by atoms with Gasteiger partial charge in [0.25, 0.3) is 0 Å². The Morgan fingerprint density at radius 1 is 1.18 bits per heavy atom. The monoisotopic (exact) mass is 260 g/mol. The molecule has 4 heteroatoms. The maximum atomic E-state index is 12.1. The SMILES string of the molecule is CC1CCNC(C)C1NC(=O)C1CCCC1.Cl. The first kappa shape index (κ1) is 14.8. The Morgan fingerprint density at radius 2 is 1.82 bits per heavy atom. The fraction of sp³-hybridized carbons (Fsp3) is 0.923. The fourth-order valence-corrected chi connectivity index (χ4v) is 3.08. The van der Waals surface area contributed by atoms with Gasteiger partial charge in [-0.2, -0.15) is 0 Å². The number of hydrogen-bond acceptors (Lipinski definition) is 2. The van der Waals surface area contributed by atoms with Crippen LogP contribution in [0.5, 0.6) is 0 Å². The molecule has 100 valence electrons. The molecule has 0 bridgehead atoms. The van der Waals surface area contributed by atoms with E-state index in [0.717, 1.165) is 19.4 Å². The van der Waals surface area contributed by atoms with Crippen molar-refractivity contribution < 1.29 is 4.79 Å². The number of rotatable bonds is 2. The van der Waals surface area contributed by atoms with E-state index in [1.165, 1.54) is 19.3 Å². The van der Waals surface area contributed by atoms with Gasteiger partial charge in [0.1, 0.15) is 0 Å². The molecule has 1 saturated heterocycles. The standard InChI is InChI=1S/C13H24N2O.ClH/c1-9-7-8-14-10(2)12(9)15-13(16)11-5-3-4-6-11;/h9-12,14H,3-8H2,1-2H3,(H,15,16);1H. The number of carbonyl (C=O) groups excluding carboxylic acids is 1. The lowest BCUT2D eigenvalue weighted by molar-refractivity contribution is -0.126. The van der Waals surface area contributed by atoms with Crippen molar-refractivity contribution in [3.05, 3.63) is 0 Å². The molecule has 2 aliphatic rings. The van der Waals surface area contributed by atoms with Gasteiger partial charge >= 0.3 is 0 Å². The third-order valence-electron chi connectivity index (χ3n) is 4.25. The first-order valence-corrected chi connectivity index (χ1v) is 6.72. The van der Waals surface area contributed by atoms with Crippen molar-refractivity contribution in [3.8, 4) is 0 Å². The average Bonchev–Trinajstić information content (AvgIpc) is 2.76. The van der Waals surface area contributed by atoms with Gasteiger partial charge in [-0.1, -0.05) is 19.8 Å². The summed E-state index contributed by atoms with van der Waals surface area (Å²) in [6.07, 6.45) is 5.81. The minimum absolute atomic E-state index is 0. The lowest BCUT2D eigenvalue weighted by atomic mass is 9.88. The van der Waals surface area contributed by atoms with Gasteiger partial charge in [0.15, 0.2) is 0 Å². The second kappa shape index (κ2) is 6.60. The van der Waals surface area contributed by atoms with Crippen molar-refractivity contribution in [1.82, 2.24) is 10.6 Å². The maximum absolute atomic E-state index is 12.1. The number of carbonyl (C=O) groups is 1. The molecular weight excluding hydrogens is 236 g/mol. The molecule has 0 aromatic heterocycles. The van der Waals surface area contributed by atoms with Crippen LogP contribution in [0.1, 0.15) is 46.0 Å². The van der Waals surface area contributed by atoms with E-state index in [9.17, 15) is 4.79 Å². The number of hydrogen-bond donors (Lipinski definition) is 2. The zero-order valence-electron chi connectivity index (χ0n) is 10.9. The lowest BCUT2D eigenvalue weighted by Gasteiger charge is -2.36. The van der Waals surface area contributed by atoms with Gasteiger partial charge in [-0.15, -0.1) is 12.4 Å². The Balaban J connectivity index is 0.00000144. The minimum atomic E-state index is 0. The molecule has 3 nitrogen and oxygen atoms in total. The summed E-state index contributed by atoms with van der Waals surface area (Å²) in [4.78, 5) is 12.1. The van der Waals surface area contributed by atoms with Crippen molar-refractivity contribution >= 4 is 18.3 Å². The molecule has 1 saturated carbocycles. The molecule has 0 radical (unpaired) electrons. The van der Waals surface area contributed by atoms with Crippen LogP contribution in [0.3, 0.4) is 0 Å². The topological polar surface area (TPSA) is 41.1 Å². The maximum Gasteiger partial charge on any atom is 0.223 e. The quantitative estimate of drug-likeness (QED) is 0.799. The molecule has 17 heavy (non-hydrogen) atoms. The highest BCUT2D eigenvalue weighted by molar-refractivity contribution is 5.85. The van der Waals surface area contributed by atoms with Crippen LogP contribution in [0.2, 0.25) is 0 Å². The van der Waals surface area contributed by atoms with Crippen molar-refractivity contribution in [3.63, 3.8) is 0 Å². The van der Waals surface area contributed by atoms with Crippen LogP contribution in [0, 0.1) is 11.8 Å². The van der Waals surface area contributed by atoms with Crippen molar-refractivity contribution in [1.29, 1.82) is 0 Å². The van der Waals surface area contributed by atoms with Gasteiger partial charge in [0.05, 0.1) is 0 Å². The van der Waals surface area contributed by atoms with E-state index in [1.807, 2.05) is 0 Å². The summed E-state index contributed by atoms with van der Waals surface area (Å²) in [6, 6.07) is 0.732. The first-order valence-electron chi connectivity index (χ1n) is 6.72. The van der Waals surface area contributed by atoms with E-state index in [-0.39, 0.29) is 12.4 Å². The van der Waals surface area contributed by atoms with E-state index in [0.29, 0.717) is 29.8 Å². The second-order valence-electron chi connectivity index (χ2n) is 5.52. The van der Waals surface area contributed by atoms with Crippen LogP contribution in [0.15, 0.2) is 0 Å². The van der Waals surface area contributed by atoms with Crippen LogP contribution in [-0.2, 0) is 4.79 Å². The highest BCUT2D eigenvalue weighted by atomic mass is 35.5. The van der Waals surface area contributed by atoms with Gasteiger partial charge in [-0.05, 0) is 38.6 Å². The van der Waals surface area contributed by atoms with Gasteiger partial charge in [-0.3, -0.25) is 4.79 Å². The molecule has 3 unspecified atom stereocenters. The molecule has 2 rings (SSSR count). The van der Waals surface area contributed by atoms with Gasteiger partial charge < -0.3 is 10.6 Å². The lowest BCUT2D eigenvalue weighted by Crippen LogP contribution is -2.56. The molecule has 0 spiro atoms. The summed E-state index contributed by atoms with van der Waals surface area (Å²) in [5, 5.41) is 6.70. The smallest absolute Gasteiger partial charge is 0.223 e. The van der Waals surface area contributed by atoms with Gasteiger partial charge in [0.2, 0.25) is 5.91 Å². The molecule has 0 aromatic carbocycles. The zero-order chi connectivity index (χ0) is 11.5. The number of piperidine rings is 1. The summed E-state index contributed by atoms with van der Waals surface area (Å²) in [7, 11) is 0.